The molecule has 1 amide bonds. The summed E-state index contributed by atoms with van der Waals surface area (Å²) in [7, 11) is -2.20. The van der Waals surface area contributed by atoms with Crippen LogP contribution in [-0.2, 0) is 24.4 Å². The quantitative estimate of drug-likeness (QED) is 0.347. The molecule has 1 fully saturated rings. The van der Waals surface area contributed by atoms with E-state index in [1.165, 1.54) is 24.3 Å². The Morgan fingerprint density at radius 3 is 2.59 bits per heavy atom. The van der Waals surface area contributed by atoms with Gasteiger partial charge in [-0.1, -0.05) is 35.5 Å². The fourth-order valence-electron chi connectivity index (χ4n) is 3.53. The zero-order valence-electron chi connectivity index (χ0n) is 18.8. The number of rotatable bonds is 11. The highest BCUT2D eigenvalue weighted by Gasteiger charge is 2.27. The first-order valence-electron chi connectivity index (χ1n) is 10.7. The topological polar surface area (TPSA) is 130 Å². The summed E-state index contributed by atoms with van der Waals surface area (Å²) in [5.74, 6) is -0.679. The van der Waals surface area contributed by atoms with Crippen LogP contribution in [0.2, 0.25) is 0 Å². The number of hydrogen-bond donors (Lipinski definition) is 2. The average Bonchev–Trinajstić information content (AvgIpc) is 3.46. The number of sulfonamides is 1. The van der Waals surface area contributed by atoms with E-state index in [1.54, 1.807) is 14.0 Å². The van der Waals surface area contributed by atoms with Crippen molar-refractivity contribution in [3.63, 3.8) is 0 Å². The van der Waals surface area contributed by atoms with Crippen molar-refractivity contribution in [2.45, 2.75) is 43.3 Å². The summed E-state index contributed by atoms with van der Waals surface area (Å²) in [5, 5.41) is 15.2. The minimum atomic E-state index is -3.82. The van der Waals surface area contributed by atoms with Gasteiger partial charge in [0.1, 0.15) is 6.10 Å². The summed E-state index contributed by atoms with van der Waals surface area (Å²) < 4.78 is 45.4. The highest BCUT2D eigenvalue weighted by Crippen LogP contribution is 2.25. The number of aliphatic hydroxyl groups is 1. The van der Waals surface area contributed by atoms with Gasteiger partial charge in [0.25, 0.3) is 5.91 Å². The second-order valence-corrected chi connectivity index (χ2v) is 10.4. The molecule has 13 heteroatoms. The average molecular weight is 515 g/mol. The van der Waals surface area contributed by atoms with Crippen LogP contribution in [0.1, 0.15) is 31.7 Å². The second-order valence-electron chi connectivity index (χ2n) is 7.51. The lowest BCUT2D eigenvalue weighted by Crippen LogP contribution is -2.33. The summed E-state index contributed by atoms with van der Waals surface area (Å²) >= 11 is 0.664. The molecule has 1 heterocycles. The molecule has 0 spiro atoms. The number of oxime groups is 1. The zero-order chi connectivity index (χ0) is 24.7. The maximum atomic E-state index is 13.3. The van der Waals surface area contributed by atoms with E-state index in [0.717, 1.165) is 16.9 Å². The fraction of sp³-hybridized carbons (Fsp3) is 0.476. The van der Waals surface area contributed by atoms with Crippen LogP contribution in [0.15, 0.2) is 40.5 Å². The van der Waals surface area contributed by atoms with Crippen molar-refractivity contribution in [2.24, 2.45) is 5.16 Å². The van der Waals surface area contributed by atoms with Crippen LogP contribution >= 0.6 is 11.3 Å². The van der Waals surface area contributed by atoms with Gasteiger partial charge in [-0.05, 0) is 25.0 Å². The number of thiazole rings is 1. The number of carbonyl (C=O) groups is 1. The molecular weight excluding hydrogens is 487 g/mol. The molecule has 10 nitrogen and oxygen atoms in total. The van der Waals surface area contributed by atoms with Gasteiger partial charge >= 0.3 is 0 Å². The molecule has 3 rings (SSSR count). The molecule has 186 valence electrons. The van der Waals surface area contributed by atoms with E-state index in [0.29, 0.717) is 29.7 Å². The summed E-state index contributed by atoms with van der Waals surface area (Å²) in [5.41, 5.74) is 0.197. The number of amides is 1. The van der Waals surface area contributed by atoms with Gasteiger partial charge in [-0.3, -0.25) is 10.1 Å². The maximum absolute atomic E-state index is 13.3. The Bertz CT molecular complexity index is 1110. The zero-order valence-corrected chi connectivity index (χ0v) is 20.4. The first kappa shape index (κ1) is 26.2. The summed E-state index contributed by atoms with van der Waals surface area (Å²) in [6, 6.07) is 5.59. The fourth-order valence-corrected chi connectivity index (χ4v) is 5.50. The lowest BCUT2D eigenvalue weighted by atomic mass is 10.1. The molecule has 1 aromatic carbocycles. The SMILES string of the molecule is CCN(CCO)S(=O)(=O)c1ccc(/C(=N\O[C@@H]2CC[C@@H](OC)C2)C(=O)Nc2ncc(F)s2)cc1. The molecule has 1 aliphatic rings. The van der Waals surface area contributed by atoms with Gasteiger partial charge in [0.2, 0.25) is 10.0 Å². The number of nitrogens with one attached hydrogen (secondary N) is 1. The minimum Gasteiger partial charge on any atom is -0.395 e. The first-order chi connectivity index (χ1) is 16.3. The Morgan fingerprint density at radius 2 is 2.03 bits per heavy atom. The van der Waals surface area contributed by atoms with E-state index in [9.17, 15) is 17.6 Å². The number of likely N-dealkylation sites (N-methyl/N-ethyl adjacent to an activating group) is 1. The van der Waals surface area contributed by atoms with Gasteiger partial charge in [-0.2, -0.15) is 8.70 Å². The van der Waals surface area contributed by atoms with Crippen molar-refractivity contribution in [3.05, 3.63) is 41.2 Å². The van der Waals surface area contributed by atoms with Gasteiger partial charge in [0, 0.05) is 32.2 Å². The predicted octanol–water partition coefficient (Wildman–Crippen LogP) is 2.21. The second kappa shape index (κ2) is 11.8. The summed E-state index contributed by atoms with van der Waals surface area (Å²) in [6.45, 7) is 1.54. The maximum Gasteiger partial charge on any atom is 0.280 e. The number of halogens is 1. The Kier molecular flexibility index (Phi) is 9.08. The molecule has 1 saturated carbocycles. The van der Waals surface area contributed by atoms with Crippen LogP contribution in [0.25, 0.3) is 0 Å². The number of hydrogen-bond acceptors (Lipinski definition) is 9. The molecule has 0 unspecified atom stereocenters. The molecule has 1 aromatic heterocycles. The predicted molar refractivity (Wildman–Crippen MR) is 125 cm³/mol. The van der Waals surface area contributed by atoms with Gasteiger partial charge < -0.3 is 14.7 Å². The number of aliphatic hydroxyl groups excluding tert-OH is 1. The third-order valence-corrected chi connectivity index (χ3v) is 8.03. The third kappa shape index (κ3) is 6.36. The molecule has 0 aliphatic heterocycles. The lowest BCUT2D eigenvalue weighted by Gasteiger charge is -2.19. The molecule has 2 aromatic rings. The van der Waals surface area contributed by atoms with Crippen molar-refractivity contribution < 1.29 is 32.3 Å². The van der Waals surface area contributed by atoms with Gasteiger partial charge in [0.05, 0.1) is 23.8 Å². The van der Waals surface area contributed by atoms with E-state index in [4.69, 9.17) is 14.7 Å². The normalized spacial score (nSPS) is 18.9. The molecule has 0 saturated heterocycles. The first-order valence-corrected chi connectivity index (χ1v) is 12.9. The molecule has 34 heavy (non-hydrogen) atoms. The van der Waals surface area contributed by atoms with Crippen LogP contribution < -0.4 is 5.32 Å². The molecule has 1 aliphatic carbocycles. The van der Waals surface area contributed by atoms with Crippen molar-refractivity contribution >= 4 is 38.1 Å². The molecule has 0 bridgehead atoms. The molecule has 2 N–H and O–H groups in total. The van der Waals surface area contributed by atoms with Gasteiger partial charge in [0.15, 0.2) is 16.0 Å². The summed E-state index contributed by atoms with van der Waals surface area (Å²) in [4.78, 5) is 22.3. The number of methoxy groups -OCH3 is 1. The Hall–Kier alpha value is -2.45. The lowest BCUT2D eigenvalue weighted by molar-refractivity contribution is -0.110. The number of aromatic nitrogens is 1. The largest absolute Gasteiger partial charge is 0.395 e. The highest BCUT2D eigenvalue weighted by molar-refractivity contribution is 7.89. The van der Waals surface area contributed by atoms with Gasteiger partial charge in [-0.15, -0.1) is 0 Å². The van der Waals surface area contributed by atoms with Crippen molar-refractivity contribution in [2.75, 3.05) is 32.1 Å². The number of nitrogens with zero attached hydrogens (tertiary/aromatic N) is 3. The van der Waals surface area contributed by atoms with E-state index >= 15 is 0 Å². The smallest absolute Gasteiger partial charge is 0.280 e. The Labute approximate surface area is 201 Å². The number of benzene rings is 1. The Balaban J connectivity index is 1.86. The summed E-state index contributed by atoms with van der Waals surface area (Å²) in [6.07, 6.45) is 2.96. The van der Waals surface area contributed by atoms with Crippen LogP contribution in [0.5, 0.6) is 0 Å². The van der Waals surface area contributed by atoms with Crippen LogP contribution in [0.3, 0.4) is 0 Å². The number of anilines is 1. The third-order valence-electron chi connectivity index (χ3n) is 5.34. The van der Waals surface area contributed by atoms with Crippen LogP contribution in [0, 0.1) is 5.13 Å². The van der Waals surface area contributed by atoms with Crippen LogP contribution in [-0.4, -0.2) is 73.4 Å². The van der Waals surface area contributed by atoms with Crippen molar-refractivity contribution in [3.8, 4) is 0 Å². The highest BCUT2D eigenvalue weighted by atomic mass is 32.2. The Morgan fingerprint density at radius 1 is 1.32 bits per heavy atom. The molecule has 2 atom stereocenters. The monoisotopic (exact) mass is 514 g/mol. The standard InChI is InChI=1S/C21H27FN4O6S2/c1-3-26(10-11-27)34(29,30)17-8-4-14(5-9-17)19(20(28)24-21-23-13-18(22)33-21)25-32-16-7-6-15(12-16)31-2/h4-5,8-9,13,15-16,27H,3,6-7,10-12H2,1-2H3,(H,23,24,28)/b25-19+/t15-,16-/m1/s1. The number of ether oxygens (including phenoxy) is 1. The van der Waals surface area contributed by atoms with E-state index in [-0.39, 0.29) is 47.6 Å². The van der Waals surface area contributed by atoms with Crippen LogP contribution in [0.4, 0.5) is 9.52 Å². The van der Waals surface area contributed by atoms with E-state index in [2.05, 4.69) is 15.5 Å². The molecule has 0 radical (unpaired) electrons. The van der Waals surface area contributed by atoms with Crippen molar-refractivity contribution in [1.82, 2.24) is 9.29 Å². The number of carbonyl (C=O) groups excluding carboxylic acids is 1. The van der Waals surface area contributed by atoms with Gasteiger partial charge in [-0.25, -0.2) is 13.4 Å². The van der Waals surface area contributed by atoms with Crippen molar-refractivity contribution in [1.29, 1.82) is 0 Å². The van der Waals surface area contributed by atoms with E-state index in [1.807, 2.05) is 0 Å². The minimum absolute atomic E-state index is 0.00736. The molecular formula is C21H27FN4O6S2. The van der Waals surface area contributed by atoms with E-state index < -0.39 is 21.1 Å².